The molecule has 0 fully saturated rings. The Labute approximate surface area is 224 Å². The van der Waals surface area contributed by atoms with Crippen LogP contribution in [0.15, 0.2) is 132 Å². The molecule has 4 heteroatoms. The molecule has 5 aromatic carbocycles. The van der Waals surface area contributed by atoms with E-state index in [1.165, 1.54) is 0 Å². The number of rotatable bonds is 3. The molecule has 0 bridgehead atoms. The predicted octanol–water partition coefficient (Wildman–Crippen LogP) is 9.08. The summed E-state index contributed by atoms with van der Waals surface area (Å²) in [6.07, 6.45) is 1.83. The van der Waals surface area contributed by atoms with Gasteiger partial charge in [0.05, 0.1) is 16.9 Å². The number of aromatic nitrogens is 3. The lowest BCUT2D eigenvalue weighted by molar-refractivity contribution is 0.623. The first-order valence-corrected chi connectivity index (χ1v) is 12.9. The van der Waals surface area contributed by atoms with Gasteiger partial charge in [-0.2, -0.15) is 0 Å². The van der Waals surface area contributed by atoms with E-state index in [2.05, 4.69) is 65.6 Å². The Morgan fingerprint density at radius 1 is 0.513 bits per heavy atom. The van der Waals surface area contributed by atoms with Crippen LogP contribution in [0.4, 0.5) is 0 Å². The summed E-state index contributed by atoms with van der Waals surface area (Å²) in [7, 11) is 0. The first-order chi connectivity index (χ1) is 19.3. The van der Waals surface area contributed by atoms with Crippen LogP contribution in [-0.4, -0.2) is 15.0 Å². The minimum absolute atomic E-state index is 0.626. The second kappa shape index (κ2) is 8.61. The summed E-state index contributed by atoms with van der Waals surface area (Å²) >= 11 is 0. The van der Waals surface area contributed by atoms with Crippen LogP contribution < -0.4 is 0 Å². The van der Waals surface area contributed by atoms with Crippen LogP contribution in [0, 0.1) is 0 Å². The monoisotopic (exact) mass is 499 g/mol. The first kappa shape index (κ1) is 21.7. The van der Waals surface area contributed by atoms with Crippen molar-refractivity contribution in [3.8, 4) is 34.0 Å². The number of hydrogen-bond acceptors (Lipinski definition) is 4. The Hall–Kier alpha value is -5.35. The molecule has 0 spiro atoms. The maximum absolute atomic E-state index is 6.42. The Kier molecular flexibility index (Phi) is 4.79. The number of hydrogen-bond donors (Lipinski definition) is 0. The summed E-state index contributed by atoms with van der Waals surface area (Å²) in [6.45, 7) is 0. The standard InChI is InChI=1S/C35H21N3O/c1-3-8-24(9-4-1)33-27-12-7-19-36-31(27)21-30(37-33)26-16-14-22-13-15-23-17-18-29-34(32(23)28(22)20-26)39-35(38-29)25-10-5-2-6-11-25/h1-21H. The molecule has 0 aliphatic carbocycles. The third-order valence-corrected chi connectivity index (χ3v) is 7.32. The van der Waals surface area contributed by atoms with E-state index in [4.69, 9.17) is 14.4 Å². The zero-order valence-corrected chi connectivity index (χ0v) is 20.9. The smallest absolute Gasteiger partial charge is 0.227 e. The van der Waals surface area contributed by atoms with Crippen molar-refractivity contribution in [3.05, 3.63) is 128 Å². The van der Waals surface area contributed by atoms with Crippen molar-refractivity contribution in [3.63, 3.8) is 0 Å². The van der Waals surface area contributed by atoms with E-state index in [-0.39, 0.29) is 0 Å². The second-order valence-corrected chi connectivity index (χ2v) is 9.69. The maximum Gasteiger partial charge on any atom is 0.227 e. The van der Waals surface area contributed by atoms with E-state index >= 15 is 0 Å². The van der Waals surface area contributed by atoms with E-state index in [0.29, 0.717) is 5.89 Å². The minimum Gasteiger partial charge on any atom is -0.435 e. The molecule has 3 aromatic heterocycles. The molecule has 39 heavy (non-hydrogen) atoms. The first-order valence-electron chi connectivity index (χ1n) is 12.9. The number of oxazole rings is 1. The molecule has 8 aromatic rings. The molecule has 0 radical (unpaired) electrons. The summed E-state index contributed by atoms with van der Waals surface area (Å²) in [5.74, 6) is 0.626. The highest BCUT2D eigenvalue weighted by molar-refractivity contribution is 6.18. The van der Waals surface area contributed by atoms with Crippen LogP contribution in [0.5, 0.6) is 0 Å². The van der Waals surface area contributed by atoms with Gasteiger partial charge in [0.25, 0.3) is 0 Å². The van der Waals surface area contributed by atoms with Crippen LogP contribution in [0.25, 0.3) is 77.5 Å². The van der Waals surface area contributed by atoms with Crippen LogP contribution in [0.1, 0.15) is 0 Å². The normalized spacial score (nSPS) is 11.6. The van der Waals surface area contributed by atoms with Gasteiger partial charge in [-0.25, -0.2) is 9.97 Å². The summed E-state index contributed by atoms with van der Waals surface area (Å²) < 4.78 is 6.42. The van der Waals surface area contributed by atoms with E-state index in [0.717, 1.165) is 71.6 Å². The van der Waals surface area contributed by atoms with Gasteiger partial charge in [-0.3, -0.25) is 4.98 Å². The number of fused-ring (bicyclic) bond motifs is 6. The Morgan fingerprint density at radius 2 is 1.26 bits per heavy atom. The highest BCUT2D eigenvalue weighted by atomic mass is 16.3. The largest absolute Gasteiger partial charge is 0.435 e. The molecule has 0 aliphatic heterocycles. The molecule has 8 rings (SSSR count). The summed E-state index contributed by atoms with van der Waals surface area (Å²) in [6, 6.07) is 41.4. The van der Waals surface area contributed by atoms with Crippen LogP contribution in [0.2, 0.25) is 0 Å². The fraction of sp³-hybridized carbons (Fsp3) is 0. The molecule has 0 N–H and O–H groups in total. The summed E-state index contributed by atoms with van der Waals surface area (Å²) in [5.41, 5.74) is 7.44. The van der Waals surface area contributed by atoms with E-state index < -0.39 is 0 Å². The molecular formula is C35H21N3O. The van der Waals surface area contributed by atoms with Gasteiger partial charge in [-0.1, -0.05) is 78.9 Å². The molecular weight excluding hydrogens is 478 g/mol. The summed E-state index contributed by atoms with van der Waals surface area (Å²) in [5, 5.41) is 5.45. The van der Waals surface area contributed by atoms with Crippen molar-refractivity contribution in [1.82, 2.24) is 15.0 Å². The molecule has 0 saturated heterocycles. The van der Waals surface area contributed by atoms with E-state index in [1.807, 2.05) is 66.9 Å². The van der Waals surface area contributed by atoms with Crippen molar-refractivity contribution in [2.24, 2.45) is 0 Å². The molecule has 0 atom stereocenters. The summed E-state index contributed by atoms with van der Waals surface area (Å²) in [4.78, 5) is 14.6. The fourth-order valence-electron chi connectivity index (χ4n) is 5.42. The van der Waals surface area contributed by atoms with Gasteiger partial charge in [-0.05, 0) is 58.6 Å². The lowest BCUT2D eigenvalue weighted by Crippen LogP contribution is -1.92. The SMILES string of the molecule is c1ccc(-c2nc3ccc4ccc5ccc(-c6cc7ncccc7c(-c7ccccc7)n6)cc5c4c3o2)cc1. The van der Waals surface area contributed by atoms with Crippen molar-refractivity contribution < 1.29 is 4.42 Å². The van der Waals surface area contributed by atoms with Crippen molar-refractivity contribution in [2.45, 2.75) is 0 Å². The lowest BCUT2D eigenvalue weighted by Gasteiger charge is -2.11. The van der Waals surface area contributed by atoms with Gasteiger partial charge < -0.3 is 4.42 Å². The van der Waals surface area contributed by atoms with E-state index in [9.17, 15) is 0 Å². The molecule has 0 amide bonds. The Morgan fingerprint density at radius 3 is 2.10 bits per heavy atom. The van der Waals surface area contributed by atoms with Gasteiger partial charge in [-0.15, -0.1) is 0 Å². The van der Waals surface area contributed by atoms with Crippen molar-refractivity contribution in [2.75, 3.05) is 0 Å². The predicted molar refractivity (Wildman–Crippen MR) is 158 cm³/mol. The Balaban J connectivity index is 1.38. The number of benzene rings is 5. The van der Waals surface area contributed by atoms with Gasteiger partial charge in [0.2, 0.25) is 5.89 Å². The average molecular weight is 500 g/mol. The lowest BCUT2D eigenvalue weighted by atomic mass is 9.97. The molecule has 0 aliphatic rings. The van der Waals surface area contributed by atoms with Crippen LogP contribution in [-0.2, 0) is 0 Å². The molecule has 4 nitrogen and oxygen atoms in total. The van der Waals surface area contributed by atoms with Gasteiger partial charge in [0, 0.05) is 33.7 Å². The molecule has 3 heterocycles. The van der Waals surface area contributed by atoms with Crippen molar-refractivity contribution >= 4 is 43.5 Å². The van der Waals surface area contributed by atoms with Gasteiger partial charge in [0.1, 0.15) is 5.52 Å². The van der Waals surface area contributed by atoms with Crippen LogP contribution in [0.3, 0.4) is 0 Å². The second-order valence-electron chi connectivity index (χ2n) is 9.69. The quantitative estimate of drug-likeness (QED) is 0.228. The fourth-order valence-corrected chi connectivity index (χ4v) is 5.42. The Bertz CT molecular complexity index is 2170. The highest BCUT2D eigenvalue weighted by Gasteiger charge is 2.15. The number of pyridine rings is 2. The topological polar surface area (TPSA) is 51.8 Å². The maximum atomic E-state index is 6.42. The van der Waals surface area contributed by atoms with Crippen LogP contribution >= 0.6 is 0 Å². The highest BCUT2D eigenvalue weighted by Crippen LogP contribution is 2.37. The zero-order chi connectivity index (χ0) is 25.8. The minimum atomic E-state index is 0.626. The van der Waals surface area contributed by atoms with E-state index in [1.54, 1.807) is 0 Å². The zero-order valence-electron chi connectivity index (χ0n) is 20.9. The van der Waals surface area contributed by atoms with Gasteiger partial charge in [0.15, 0.2) is 5.58 Å². The third kappa shape index (κ3) is 3.57. The third-order valence-electron chi connectivity index (χ3n) is 7.32. The van der Waals surface area contributed by atoms with Gasteiger partial charge >= 0.3 is 0 Å². The number of nitrogens with zero attached hydrogens (tertiary/aromatic N) is 3. The molecule has 0 unspecified atom stereocenters. The molecule has 182 valence electrons. The molecule has 0 saturated carbocycles. The average Bonchev–Trinajstić information content (AvgIpc) is 3.46. The van der Waals surface area contributed by atoms with Crippen molar-refractivity contribution in [1.29, 1.82) is 0 Å².